The number of anilines is 1. The molecule has 1 atom stereocenters. The third-order valence-electron chi connectivity index (χ3n) is 4.20. The number of nitrogens with one attached hydrogen (secondary N) is 2. The second kappa shape index (κ2) is 7.95. The van der Waals surface area contributed by atoms with Crippen molar-refractivity contribution in [3.63, 3.8) is 0 Å². The second-order valence-electron chi connectivity index (χ2n) is 6.10. The summed E-state index contributed by atoms with van der Waals surface area (Å²) in [5.41, 5.74) is 2.90. The van der Waals surface area contributed by atoms with Crippen molar-refractivity contribution in [2.75, 3.05) is 5.32 Å². The molecule has 0 aliphatic rings. The second-order valence-corrected chi connectivity index (χ2v) is 8.08. The Bertz CT molecular complexity index is 1180. The van der Waals surface area contributed by atoms with Gasteiger partial charge in [-0.25, -0.2) is 4.98 Å². The van der Waals surface area contributed by atoms with E-state index in [2.05, 4.69) is 25.5 Å². The van der Waals surface area contributed by atoms with Crippen LogP contribution in [0.5, 0.6) is 0 Å². The number of rotatable bonds is 5. The minimum atomic E-state index is -0.377. The van der Waals surface area contributed by atoms with Gasteiger partial charge < -0.3 is 10.3 Å². The molecule has 4 rings (SSSR count). The van der Waals surface area contributed by atoms with Crippen molar-refractivity contribution in [1.29, 1.82) is 0 Å². The molecule has 0 aliphatic heterocycles. The molecule has 142 valence electrons. The first-order valence-corrected chi connectivity index (χ1v) is 10.2. The van der Waals surface area contributed by atoms with Crippen LogP contribution >= 0.6 is 35.0 Å². The van der Waals surface area contributed by atoms with E-state index in [-0.39, 0.29) is 11.2 Å². The molecule has 2 aromatic heterocycles. The topological polar surface area (TPSA) is 83.6 Å². The average molecular weight is 432 g/mol. The molecule has 2 N–H and O–H groups in total. The number of aromatic nitrogens is 4. The highest BCUT2D eigenvalue weighted by molar-refractivity contribution is 8.00. The molecule has 1 unspecified atom stereocenters. The Hall–Kier alpha value is -2.35. The predicted octanol–water partition coefficient (Wildman–Crippen LogP) is 5.32. The lowest BCUT2D eigenvalue weighted by molar-refractivity contribution is -0.115. The summed E-state index contributed by atoms with van der Waals surface area (Å²) in [4.78, 5) is 20.4. The van der Waals surface area contributed by atoms with Gasteiger partial charge in [0.25, 0.3) is 0 Å². The van der Waals surface area contributed by atoms with E-state index >= 15 is 0 Å². The van der Waals surface area contributed by atoms with E-state index in [1.807, 2.05) is 31.2 Å². The van der Waals surface area contributed by atoms with E-state index < -0.39 is 0 Å². The number of halogens is 2. The summed E-state index contributed by atoms with van der Waals surface area (Å²) in [5.74, 6) is -0.161. The van der Waals surface area contributed by atoms with Crippen molar-refractivity contribution in [3.8, 4) is 0 Å². The molecule has 28 heavy (non-hydrogen) atoms. The van der Waals surface area contributed by atoms with Crippen LogP contribution in [-0.4, -0.2) is 31.3 Å². The highest BCUT2D eigenvalue weighted by Gasteiger charge is 2.21. The van der Waals surface area contributed by atoms with Gasteiger partial charge >= 0.3 is 0 Å². The quantitative estimate of drug-likeness (QED) is 0.417. The van der Waals surface area contributed by atoms with E-state index in [1.54, 1.807) is 18.2 Å². The first-order chi connectivity index (χ1) is 13.5. The molecule has 9 heteroatoms. The largest absolute Gasteiger partial charge is 0.338 e. The molecule has 0 saturated heterocycles. The zero-order valence-corrected chi connectivity index (χ0v) is 17.1. The smallest absolute Gasteiger partial charge is 0.237 e. The lowest BCUT2D eigenvalue weighted by atomic mass is 10.2. The normalized spacial score (nSPS) is 12.4. The van der Waals surface area contributed by atoms with Crippen LogP contribution in [0, 0.1) is 0 Å². The number of carbonyl (C=O) groups is 1. The van der Waals surface area contributed by atoms with Crippen molar-refractivity contribution in [2.24, 2.45) is 0 Å². The summed E-state index contributed by atoms with van der Waals surface area (Å²) in [5, 5.41) is 13.2. The van der Waals surface area contributed by atoms with E-state index in [0.717, 1.165) is 10.9 Å². The van der Waals surface area contributed by atoms with Crippen molar-refractivity contribution in [3.05, 3.63) is 52.5 Å². The molecular formula is C19H15Cl2N5OS. The van der Waals surface area contributed by atoms with Gasteiger partial charge in [-0.3, -0.25) is 4.79 Å². The minimum absolute atomic E-state index is 0.161. The maximum atomic E-state index is 12.7. The van der Waals surface area contributed by atoms with Crippen molar-refractivity contribution in [1.82, 2.24) is 20.2 Å². The Labute approximate surface area is 175 Å². The Morgan fingerprint density at radius 3 is 2.79 bits per heavy atom. The van der Waals surface area contributed by atoms with Crippen LogP contribution in [0.1, 0.15) is 13.3 Å². The van der Waals surface area contributed by atoms with Crippen molar-refractivity contribution in [2.45, 2.75) is 23.8 Å². The number of amides is 1. The number of H-pyrrole nitrogens is 1. The Morgan fingerprint density at radius 1 is 1.18 bits per heavy atom. The molecule has 6 nitrogen and oxygen atoms in total. The average Bonchev–Trinajstić information content (AvgIpc) is 3.06. The molecule has 0 radical (unpaired) electrons. The summed E-state index contributed by atoms with van der Waals surface area (Å²) in [6.07, 6.45) is 0.603. The molecule has 0 fully saturated rings. The molecular weight excluding hydrogens is 417 g/mol. The lowest BCUT2D eigenvalue weighted by Gasteiger charge is -2.14. The zero-order chi connectivity index (χ0) is 19.7. The number of hydrogen-bond donors (Lipinski definition) is 2. The van der Waals surface area contributed by atoms with Crippen LogP contribution < -0.4 is 5.32 Å². The molecule has 2 aromatic carbocycles. The number of hydrogen-bond acceptors (Lipinski definition) is 5. The highest BCUT2D eigenvalue weighted by atomic mass is 35.5. The predicted molar refractivity (Wildman–Crippen MR) is 114 cm³/mol. The van der Waals surface area contributed by atoms with E-state index in [0.29, 0.717) is 38.5 Å². The third-order valence-corrected chi connectivity index (χ3v) is 6.16. The van der Waals surface area contributed by atoms with Gasteiger partial charge in [0.1, 0.15) is 5.52 Å². The van der Waals surface area contributed by atoms with Crippen LogP contribution in [0.25, 0.3) is 22.1 Å². The highest BCUT2D eigenvalue weighted by Crippen LogP contribution is 2.28. The van der Waals surface area contributed by atoms with Crippen LogP contribution in [-0.2, 0) is 4.79 Å². The Balaban J connectivity index is 1.54. The number of benzene rings is 2. The number of carbonyl (C=O) groups excluding carboxylic acids is 1. The molecule has 4 aromatic rings. The van der Waals surface area contributed by atoms with Crippen LogP contribution in [0.4, 0.5) is 5.69 Å². The maximum absolute atomic E-state index is 12.7. The third kappa shape index (κ3) is 3.78. The Kier molecular flexibility index (Phi) is 5.39. The first kappa shape index (κ1) is 19.0. The fourth-order valence-electron chi connectivity index (χ4n) is 2.80. The number of aromatic amines is 1. The number of fused-ring (bicyclic) bond motifs is 3. The van der Waals surface area contributed by atoms with Gasteiger partial charge in [0, 0.05) is 16.6 Å². The SMILES string of the molecule is CCC(Sc1nnc2c(n1)[nH]c1ccccc12)C(=O)Nc1ccc(Cl)c(Cl)c1. The molecule has 0 saturated carbocycles. The van der Waals surface area contributed by atoms with Crippen molar-refractivity contribution < 1.29 is 4.79 Å². The van der Waals surface area contributed by atoms with E-state index in [1.165, 1.54) is 11.8 Å². The monoisotopic (exact) mass is 431 g/mol. The van der Waals surface area contributed by atoms with Gasteiger partial charge in [-0.1, -0.05) is 60.1 Å². The fraction of sp³-hybridized carbons (Fsp3) is 0.158. The lowest BCUT2D eigenvalue weighted by Crippen LogP contribution is -2.24. The molecule has 2 heterocycles. The summed E-state index contributed by atoms with van der Waals surface area (Å²) in [6.45, 7) is 1.93. The Morgan fingerprint density at radius 2 is 2.00 bits per heavy atom. The van der Waals surface area contributed by atoms with Gasteiger partial charge in [-0.05, 0) is 30.7 Å². The van der Waals surface area contributed by atoms with E-state index in [4.69, 9.17) is 23.2 Å². The van der Waals surface area contributed by atoms with Crippen molar-refractivity contribution >= 4 is 68.6 Å². The van der Waals surface area contributed by atoms with Gasteiger partial charge in [0.05, 0.1) is 15.3 Å². The zero-order valence-electron chi connectivity index (χ0n) is 14.7. The van der Waals surface area contributed by atoms with Crippen LogP contribution in [0.15, 0.2) is 47.6 Å². The molecule has 0 bridgehead atoms. The van der Waals surface area contributed by atoms with Gasteiger partial charge in [-0.2, -0.15) is 0 Å². The summed E-state index contributed by atoms with van der Waals surface area (Å²) in [6, 6.07) is 12.8. The number of thioether (sulfide) groups is 1. The number of para-hydroxylation sites is 1. The molecule has 1 amide bonds. The van der Waals surface area contributed by atoms with Gasteiger partial charge in [0.2, 0.25) is 11.1 Å². The number of nitrogens with zero attached hydrogens (tertiary/aromatic N) is 3. The maximum Gasteiger partial charge on any atom is 0.237 e. The van der Waals surface area contributed by atoms with Crippen LogP contribution in [0.2, 0.25) is 10.0 Å². The summed E-state index contributed by atoms with van der Waals surface area (Å²) >= 11 is 13.2. The van der Waals surface area contributed by atoms with Crippen LogP contribution in [0.3, 0.4) is 0 Å². The minimum Gasteiger partial charge on any atom is -0.338 e. The van der Waals surface area contributed by atoms with E-state index in [9.17, 15) is 4.79 Å². The fourth-order valence-corrected chi connectivity index (χ4v) is 3.92. The first-order valence-electron chi connectivity index (χ1n) is 8.59. The standard InChI is InChI=1S/C19H15Cl2N5OS/c1-2-15(18(27)22-10-7-8-12(20)13(21)9-10)28-19-24-17-16(25-26-19)11-5-3-4-6-14(11)23-17/h3-9,15H,2H2,1H3,(H,22,27)(H,23,24,26). The molecule has 0 aliphatic carbocycles. The summed E-state index contributed by atoms with van der Waals surface area (Å²) < 4.78 is 0. The van der Waals surface area contributed by atoms with Gasteiger partial charge in [0.15, 0.2) is 5.65 Å². The summed E-state index contributed by atoms with van der Waals surface area (Å²) in [7, 11) is 0. The molecule has 0 spiro atoms. The van der Waals surface area contributed by atoms with Gasteiger partial charge in [-0.15, -0.1) is 10.2 Å².